The number of fused-ring (bicyclic) bond motifs is 2. The van der Waals surface area contributed by atoms with Crippen molar-refractivity contribution < 1.29 is 14.3 Å². The van der Waals surface area contributed by atoms with Crippen LogP contribution in [0.15, 0.2) is 47.3 Å². The number of pyridine rings is 1. The third-order valence-corrected chi connectivity index (χ3v) is 4.59. The van der Waals surface area contributed by atoms with Crippen molar-refractivity contribution in [2.45, 2.75) is 6.42 Å². The molecule has 4 rings (SSSR count). The van der Waals surface area contributed by atoms with Crippen LogP contribution in [0.1, 0.15) is 15.9 Å². The summed E-state index contributed by atoms with van der Waals surface area (Å²) in [6.07, 6.45) is 0.409. The van der Waals surface area contributed by atoms with E-state index in [0.717, 1.165) is 5.39 Å². The number of aromatic amines is 1. The van der Waals surface area contributed by atoms with E-state index in [1.165, 1.54) is 0 Å². The number of hydrogen-bond donors (Lipinski definition) is 2. The molecule has 1 amide bonds. The Morgan fingerprint density at radius 2 is 1.89 bits per heavy atom. The van der Waals surface area contributed by atoms with Crippen LogP contribution in [0.2, 0.25) is 5.02 Å². The Morgan fingerprint density at radius 3 is 2.67 bits per heavy atom. The third-order valence-electron chi connectivity index (χ3n) is 4.35. The SMILES string of the molecule is O=C(NCCc1cc2cc3c(cc2[nH]c1=O)OCCO3)c1cccc(Cl)c1. The number of hydrogen-bond acceptors (Lipinski definition) is 4. The molecule has 2 heterocycles. The molecule has 0 saturated carbocycles. The van der Waals surface area contributed by atoms with Gasteiger partial charge in [0.2, 0.25) is 0 Å². The molecule has 7 heteroatoms. The number of ether oxygens (including phenoxy) is 2. The highest BCUT2D eigenvalue weighted by Gasteiger charge is 2.14. The first kappa shape index (κ1) is 17.4. The van der Waals surface area contributed by atoms with Gasteiger partial charge in [-0.2, -0.15) is 0 Å². The zero-order chi connectivity index (χ0) is 18.8. The molecule has 138 valence electrons. The van der Waals surface area contributed by atoms with E-state index < -0.39 is 0 Å². The Hall–Kier alpha value is -2.99. The van der Waals surface area contributed by atoms with Gasteiger partial charge in [-0.15, -0.1) is 0 Å². The van der Waals surface area contributed by atoms with Gasteiger partial charge >= 0.3 is 0 Å². The summed E-state index contributed by atoms with van der Waals surface area (Å²) in [5.74, 6) is 1.07. The number of rotatable bonds is 4. The summed E-state index contributed by atoms with van der Waals surface area (Å²) in [6.45, 7) is 1.34. The molecule has 0 radical (unpaired) electrons. The van der Waals surface area contributed by atoms with E-state index in [-0.39, 0.29) is 11.5 Å². The summed E-state index contributed by atoms with van der Waals surface area (Å²) >= 11 is 5.90. The number of benzene rings is 2. The van der Waals surface area contributed by atoms with Gasteiger partial charge in [-0.25, -0.2) is 0 Å². The first-order chi connectivity index (χ1) is 13.1. The molecule has 0 spiro atoms. The molecule has 2 N–H and O–H groups in total. The molecular formula is C20H17ClN2O4. The summed E-state index contributed by atoms with van der Waals surface area (Å²) in [5.41, 5.74) is 1.58. The fraction of sp³-hybridized carbons (Fsp3) is 0.200. The smallest absolute Gasteiger partial charge is 0.251 e. The molecule has 3 aromatic rings. The molecule has 0 fully saturated rings. The van der Waals surface area contributed by atoms with E-state index >= 15 is 0 Å². The van der Waals surface area contributed by atoms with Crippen LogP contribution < -0.4 is 20.3 Å². The van der Waals surface area contributed by atoms with Gasteiger partial charge in [-0.3, -0.25) is 9.59 Å². The molecule has 27 heavy (non-hydrogen) atoms. The summed E-state index contributed by atoms with van der Waals surface area (Å²) in [7, 11) is 0. The second kappa shape index (κ2) is 7.32. The molecular weight excluding hydrogens is 368 g/mol. The quantitative estimate of drug-likeness (QED) is 0.724. The Balaban J connectivity index is 1.49. The van der Waals surface area contributed by atoms with Crippen molar-refractivity contribution in [3.8, 4) is 11.5 Å². The Kier molecular flexibility index (Phi) is 4.73. The lowest BCUT2D eigenvalue weighted by Crippen LogP contribution is -2.27. The molecule has 1 aromatic heterocycles. The molecule has 1 aliphatic heterocycles. The summed E-state index contributed by atoms with van der Waals surface area (Å²) in [6, 6.07) is 12.2. The van der Waals surface area contributed by atoms with Gasteiger partial charge in [0.15, 0.2) is 11.5 Å². The number of halogens is 1. The highest BCUT2D eigenvalue weighted by molar-refractivity contribution is 6.30. The number of amides is 1. The number of H-pyrrole nitrogens is 1. The molecule has 1 aliphatic rings. The van der Waals surface area contributed by atoms with Gasteiger partial charge in [-0.1, -0.05) is 17.7 Å². The predicted octanol–water partition coefficient (Wildman–Crippen LogP) is 2.93. The minimum atomic E-state index is -0.227. The van der Waals surface area contributed by atoms with Crippen LogP contribution >= 0.6 is 11.6 Å². The molecule has 0 bridgehead atoms. The van der Waals surface area contributed by atoms with Crippen molar-refractivity contribution in [1.82, 2.24) is 10.3 Å². The monoisotopic (exact) mass is 384 g/mol. The van der Waals surface area contributed by atoms with Crippen molar-refractivity contribution in [2.24, 2.45) is 0 Å². The van der Waals surface area contributed by atoms with E-state index in [9.17, 15) is 9.59 Å². The summed E-state index contributed by atoms with van der Waals surface area (Å²) in [4.78, 5) is 27.4. The molecule has 0 aliphatic carbocycles. The first-order valence-corrected chi connectivity index (χ1v) is 8.97. The molecule has 6 nitrogen and oxygen atoms in total. The summed E-state index contributed by atoms with van der Waals surface area (Å²) in [5, 5.41) is 4.16. The molecule has 0 saturated heterocycles. The Morgan fingerprint density at radius 1 is 1.11 bits per heavy atom. The normalized spacial score (nSPS) is 12.8. The number of carbonyl (C=O) groups excluding carboxylic acids is 1. The van der Waals surface area contributed by atoms with Crippen LogP contribution in [-0.2, 0) is 6.42 Å². The predicted molar refractivity (Wildman–Crippen MR) is 103 cm³/mol. The van der Waals surface area contributed by atoms with Crippen molar-refractivity contribution >= 4 is 28.4 Å². The first-order valence-electron chi connectivity index (χ1n) is 8.59. The van der Waals surface area contributed by atoms with E-state index in [1.54, 1.807) is 30.3 Å². The van der Waals surface area contributed by atoms with Gasteiger partial charge in [0.1, 0.15) is 13.2 Å². The topological polar surface area (TPSA) is 80.4 Å². The largest absolute Gasteiger partial charge is 0.486 e. The Bertz CT molecular complexity index is 1080. The van der Waals surface area contributed by atoms with Crippen LogP contribution in [0.5, 0.6) is 11.5 Å². The van der Waals surface area contributed by atoms with Gasteiger partial charge in [0, 0.05) is 34.1 Å². The maximum absolute atomic E-state index is 12.3. The van der Waals surface area contributed by atoms with E-state index in [4.69, 9.17) is 21.1 Å². The van der Waals surface area contributed by atoms with Crippen LogP contribution in [0.4, 0.5) is 0 Å². The average molecular weight is 385 g/mol. The van der Waals surface area contributed by atoms with Gasteiger partial charge < -0.3 is 19.8 Å². The maximum atomic E-state index is 12.3. The van der Waals surface area contributed by atoms with Crippen molar-refractivity contribution in [1.29, 1.82) is 0 Å². The zero-order valence-electron chi connectivity index (χ0n) is 14.4. The maximum Gasteiger partial charge on any atom is 0.251 e. The van der Waals surface area contributed by atoms with Gasteiger partial charge in [0.05, 0.1) is 5.52 Å². The van der Waals surface area contributed by atoms with Crippen LogP contribution in [-0.4, -0.2) is 30.6 Å². The van der Waals surface area contributed by atoms with E-state index in [1.807, 2.05) is 12.1 Å². The average Bonchev–Trinajstić information content (AvgIpc) is 2.67. The highest BCUT2D eigenvalue weighted by atomic mass is 35.5. The van der Waals surface area contributed by atoms with Gasteiger partial charge in [-0.05, 0) is 36.8 Å². The van der Waals surface area contributed by atoms with E-state index in [2.05, 4.69) is 10.3 Å². The number of nitrogens with one attached hydrogen (secondary N) is 2. The molecule has 2 aromatic carbocycles. The second-order valence-corrected chi connectivity index (χ2v) is 6.66. The fourth-order valence-corrected chi connectivity index (χ4v) is 3.21. The van der Waals surface area contributed by atoms with Crippen LogP contribution in [0.25, 0.3) is 10.9 Å². The van der Waals surface area contributed by atoms with Crippen LogP contribution in [0.3, 0.4) is 0 Å². The van der Waals surface area contributed by atoms with Crippen LogP contribution in [0, 0.1) is 0 Å². The number of carbonyl (C=O) groups is 1. The highest BCUT2D eigenvalue weighted by Crippen LogP contribution is 2.33. The lowest BCUT2D eigenvalue weighted by atomic mass is 10.1. The standard InChI is InChI=1S/C20H17ClN2O4/c21-15-3-1-2-12(9-15)19(24)22-5-4-13-8-14-10-17-18(27-7-6-26-17)11-16(14)23-20(13)25/h1-3,8-11H,4-7H2,(H,22,24)(H,23,25). The van der Waals surface area contributed by atoms with Crippen molar-refractivity contribution in [2.75, 3.05) is 19.8 Å². The van der Waals surface area contributed by atoms with Gasteiger partial charge in [0.25, 0.3) is 11.5 Å². The minimum Gasteiger partial charge on any atom is -0.486 e. The molecule has 0 atom stereocenters. The lowest BCUT2D eigenvalue weighted by molar-refractivity contribution is 0.0954. The molecule has 0 unspecified atom stereocenters. The Labute approximate surface area is 160 Å². The summed E-state index contributed by atoms with van der Waals surface area (Å²) < 4.78 is 11.1. The van der Waals surface area contributed by atoms with Crippen molar-refractivity contribution in [3.63, 3.8) is 0 Å². The lowest BCUT2D eigenvalue weighted by Gasteiger charge is -2.18. The third kappa shape index (κ3) is 3.75. The van der Waals surface area contributed by atoms with Crippen molar-refractivity contribution in [3.05, 3.63) is 69.0 Å². The fourth-order valence-electron chi connectivity index (χ4n) is 3.02. The minimum absolute atomic E-state index is 0.184. The zero-order valence-corrected chi connectivity index (χ0v) is 15.1. The number of aromatic nitrogens is 1. The van der Waals surface area contributed by atoms with E-state index in [0.29, 0.717) is 59.3 Å². The second-order valence-electron chi connectivity index (χ2n) is 6.22.